The first-order chi connectivity index (χ1) is 11.7. The molecule has 3 heterocycles. The summed E-state index contributed by atoms with van der Waals surface area (Å²) in [6, 6.07) is 7.97. The summed E-state index contributed by atoms with van der Waals surface area (Å²) < 4.78 is 5.54. The van der Waals surface area contributed by atoms with Crippen molar-refractivity contribution in [1.82, 2.24) is 24.5 Å². The van der Waals surface area contributed by atoms with E-state index in [2.05, 4.69) is 19.6 Å². The number of nitrogens with zero attached hydrogens (tertiary/aromatic N) is 3. The van der Waals surface area contributed by atoms with Gasteiger partial charge in [-0.2, -0.15) is 9.47 Å². The fourth-order valence-corrected chi connectivity index (χ4v) is 4.02. The molecule has 3 aromatic rings. The van der Waals surface area contributed by atoms with Gasteiger partial charge in [-0.1, -0.05) is 18.2 Å². The fourth-order valence-electron chi connectivity index (χ4n) is 3.22. The molecule has 0 bridgehead atoms. The van der Waals surface area contributed by atoms with E-state index in [1.165, 1.54) is 11.5 Å². The second-order valence-electron chi connectivity index (χ2n) is 6.04. The van der Waals surface area contributed by atoms with Gasteiger partial charge in [-0.25, -0.2) is 9.89 Å². The molecule has 2 aromatic heterocycles. The van der Waals surface area contributed by atoms with Crippen LogP contribution >= 0.6 is 11.5 Å². The topological polar surface area (TPSA) is 94.7 Å². The Balaban J connectivity index is 1.48. The van der Waals surface area contributed by atoms with Gasteiger partial charge in [0.15, 0.2) is 0 Å². The molecule has 8 heteroatoms. The third-order valence-electron chi connectivity index (χ3n) is 4.45. The fraction of sp³-hybridized carbons (Fsp3) is 0.375. The molecule has 0 saturated carbocycles. The van der Waals surface area contributed by atoms with Gasteiger partial charge in [-0.05, 0) is 30.4 Å². The van der Waals surface area contributed by atoms with E-state index in [0.717, 1.165) is 35.2 Å². The zero-order chi connectivity index (χ0) is 16.5. The largest absolute Gasteiger partial charge is 0.342 e. The van der Waals surface area contributed by atoms with Crippen molar-refractivity contribution in [2.75, 3.05) is 13.1 Å². The number of likely N-dealkylation sites (tertiary alicyclic amines) is 1. The lowest BCUT2D eigenvalue weighted by molar-refractivity contribution is -0.131. The molecule has 1 atom stereocenters. The Morgan fingerprint density at radius 2 is 2.25 bits per heavy atom. The van der Waals surface area contributed by atoms with E-state index in [9.17, 15) is 9.59 Å². The summed E-state index contributed by atoms with van der Waals surface area (Å²) in [5.74, 6) is 0.791. The second kappa shape index (κ2) is 6.20. The van der Waals surface area contributed by atoms with Crippen LogP contribution in [0.3, 0.4) is 0 Å². The van der Waals surface area contributed by atoms with Crippen molar-refractivity contribution in [3.05, 3.63) is 46.3 Å². The predicted molar refractivity (Wildman–Crippen MR) is 91.1 cm³/mol. The number of hydrogen-bond donors (Lipinski definition) is 2. The number of hydrogen-bond acceptors (Lipinski definition) is 5. The van der Waals surface area contributed by atoms with Crippen molar-refractivity contribution in [3.63, 3.8) is 0 Å². The van der Waals surface area contributed by atoms with E-state index >= 15 is 0 Å². The minimum absolute atomic E-state index is 0.0774. The number of carbonyl (C=O) groups is 1. The zero-order valence-electron chi connectivity index (χ0n) is 13.0. The predicted octanol–water partition coefficient (Wildman–Crippen LogP) is 1.66. The molecule has 0 unspecified atom stereocenters. The van der Waals surface area contributed by atoms with Crippen LogP contribution < -0.4 is 5.69 Å². The van der Waals surface area contributed by atoms with Gasteiger partial charge < -0.3 is 4.90 Å². The smallest absolute Gasteiger partial charge is 0.340 e. The van der Waals surface area contributed by atoms with Crippen LogP contribution in [0.2, 0.25) is 0 Å². The van der Waals surface area contributed by atoms with E-state index < -0.39 is 0 Å². The second-order valence-corrected chi connectivity index (χ2v) is 6.85. The van der Waals surface area contributed by atoms with Gasteiger partial charge in [0.1, 0.15) is 5.82 Å². The number of rotatable bonds is 3. The molecule has 1 fully saturated rings. The SMILES string of the molecule is O=C(Cc1nsc2ccccc12)N1CCC[C@H](c2n[nH]c(=O)[nH]2)C1. The first-order valence-electron chi connectivity index (χ1n) is 7.96. The molecule has 124 valence electrons. The van der Waals surface area contributed by atoms with Crippen LogP contribution in [0, 0.1) is 0 Å². The van der Waals surface area contributed by atoms with Crippen molar-refractivity contribution < 1.29 is 4.79 Å². The van der Waals surface area contributed by atoms with Crippen molar-refractivity contribution in [2.24, 2.45) is 0 Å². The Morgan fingerprint density at radius 1 is 1.38 bits per heavy atom. The molecular formula is C16H17N5O2S. The van der Waals surface area contributed by atoms with Crippen molar-refractivity contribution >= 4 is 27.5 Å². The third kappa shape index (κ3) is 2.84. The van der Waals surface area contributed by atoms with Gasteiger partial charge in [-0.15, -0.1) is 0 Å². The zero-order valence-corrected chi connectivity index (χ0v) is 13.8. The number of H-pyrrole nitrogens is 2. The molecule has 0 aliphatic carbocycles. The average molecular weight is 343 g/mol. The number of piperidine rings is 1. The van der Waals surface area contributed by atoms with Crippen LogP contribution in [0.25, 0.3) is 10.1 Å². The van der Waals surface area contributed by atoms with Crippen LogP contribution in [-0.2, 0) is 11.2 Å². The van der Waals surface area contributed by atoms with Crippen molar-refractivity contribution in [3.8, 4) is 0 Å². The van der Waals surface area contributed by atoms with E-state index in [4.69, 9.17) is 0 Å². The van der Waals surface area contributed by atoms with E-state index in [0.29, 0.717) is 18.8 Å². The number of amides is 1. The number of benzene rings is 1. The average Bonchev–Trinajstić information content (AvgIpc) is 3.22. The minimum Gasteiger partial charge on any atom is -0.342 e. The Bertz CT molecular complexity index is 928. The first kappa shape index (κ1) is 15.1. The van der Waals surface area contributed by atoms with Crippen molar-refractivity contribution in [1.29, 1.82) is 0 Å². The lowest BCUT2D eigenvalue weighted by atomic mass is 9.97. The van der Waals surface area contributed by atoms with Gasteiger partial charge in [0.05, 0.1) is 16.8 Å². The molecule has 1 amide bonds. The quantitative estimate of drug-likeness (QED) is 0.756. The summed E-state index contributed by atoms with van der Waals surface area (Å²) in [5, 5.41) is 7.46. The maximum absolute atomic E-state index is 12.7. The number of carbonyl (C=O) groups excluding carboxylic acids is 1. The highest BCUT2D eigenvalue weighted by Gasteiger charge is 2.27. The standard InChI is InChI=1S/C16H17N5O2S/c22-14(8-12-11-5-1-2-6-13(11)24-20-12)21-7-3-4-10(9-21)15-17-16(23)19-18-15/h1-2,5-6,10H,3-4,7-9H2,(H2,17,18,19,23)/t10-/m0/s1. The highest BCUT2D eigenvalue weighted by atomic mass is 32.1. The summed E-state index contributed by atoms with van der Waals surface area (Å²) >= 11 is 1.43. The first-order valence-corrected chi connectivity index (χ1v) is 8.73. The third-order valence-corrected chi connectivity index (χ3v) is 5.32. The van der Waals surface area contributed by atoms with E-state index in [1.54, 1.807) is 0 Å². The van der Waals surface area contributed by atoms with E-state index in [-0.39, 0.29) is 17.5 Å². The summed E-state index contributed by atoms with van der Waals surface area (Å²) in [7, 11) is 0. The number of fused-ring (bicyclic) bond motifs is 1. The lowest BCUT2D eigenvalue weighted by Gasteiger charge is -2.31. The van der Waals surface area contributed by atoms with Crippen LogP contribution in [-0.4, -0.2) is 43.5 Å². The Morgan fingerprint density at radius 3 is 3.08 bits per heavy atom. The Kier molecular flexibility index (Phi) is 3.89. The van der Waals surface area contributed by atoms with E-state index in [1.807, 2.05) is 29.2 Å². The molecule has 1 aromatic carbocycles. The number of aromatic nitrogens is 4. The lowest BCUT2D eigenvalue weighted by Crippen LogP contribution is -2.40. The molecule has 24 heavy (non-hydrogen) atoms. The number of aromatic amines is 2. The van der Waals surface area contributed by atoms with Crippen LogP contribution in [0.5, 0.6) is 0 Å². The van der Waals surface area contributed by atoms with Crippen molar-refractivity contribution in [2.45, 2.75) is 25.2 Å². The molecular weight excluding hydrogens is 326 g/mol. The molecule has 2 N–H and O–H groups in total. The monoisotopic (exact) mass is 343 g/mol. The Labute approximate surface area is 141 Å². The summed E-state index contributed by atoms with van der Waals surface area (Å²) in [6.45, 7) is 1.33. The van der Waals surface area contributed by atoms with Gasteiger partial charge in [-0.3, -0.25) is 9.78 Å². The molecule has 1 aliphatic heterocycles. The van der Waals surface area contributed by atoms with Crippen LogP contribution in [0.1, 0.15) is 30.3 Å². The highest BCUT2D eigenvalue weighted by molar-refractivity contribution is 7.13. The summed E-state index contributed by atoms with van der Waals surface area (Å²) in [4.78, 5) is 28.5. The van der Waals surface area contributed by atoms with Gasteiger partial charge in [0, 0.05) is 24.4 Å². The highest BCUT2D eigenvalue weighted by Crippen LogP contribution is 2.26. The van der Waals surface area contributed by atoms with Gasteiger partial charge >= 0.3 is 5.69 Å². The summed E-state index contributed by atoms with van der Waals surface area (Å²) in [6.07, 6.45) is 2.14. The molecule has 1 aliphatic rings. The maximum atomic E-state index is 12.7. The molecule has 1 saturated heterocycles. The molecule has 0 spiro atoms. The molecule has 0 radical (unpaired) electrons. The minimum atomic E-state index is -0.303. The maximum Gasteiger partial charge on any atom is 0.340 e. The molecule has 7 nitrogen and oxygen atoms in total. The van der Waals surface area contributed by atoms with Gasteiger partial charge in [0.25, 0.3) is 0 Å². The normalized spacial score (nSPS) is 18.2. The van der Waals surface area contributed by atoms with Crippen LogP contribution in [0.4, 0.5) is 0 Å². The summed E-state index contributed by atoms with van der Waals surface area (Å²) in [5.41, 5.74) is 0.540. The molecule has 4 rings (SSSR count). The number of nitrogens with one attached hydrogen (secondary N) is 2. The van der Waals surface area contributed by atoms with Crippen LogP contribution in [0.15, 0.2) is 29.1 Å². The Hall–Kier alpha value is -2.48. The van der Waals surface area contributed by atoms with Gasteiger partial charge in [0.2, 0.25) is 5.91 Å².